The fraction of sp³-hybridized carbons (Fsp3) is 0. The van der Waals surface area contributed by atoms with Crippen LogP contribution in [0.2, 0.25) is 0 Å². The summed E-state index contributed by atoms with van der Waals surface area (Å²) < 4.78 is 0. The van der Waals surface area contributed by atoms with Crippen LogP contribution in [0.4, 0.5) is 5.69 Å². The Hall–Kier alpha value is -2.33. The molecule has 0 aliphatic heterocycles. The zero-order valence-corrected chi connectivity index (χ0v) is 15.9. The Labute approximate surface area is 167 Å². The second-order valence-electron chi connectivity index (χ2n) is 5.70. The van der Waals surface area contributed by atoms with E-state index in [9.17, 15) is 9.90 Å². The van der Waals surface area contributed by atoms with E-state index < -0.39 is 0 Å². The Bertz CT molecular complexity index is 1070. The van der Waals surface area contributed by atoms with Crippen molar-refractivity contribution < 1.29 is 39.5 Å². The van der Waals surface area contributed by atoms with Crippen LogP contribution in [0, 0.1) is 0 Å². The molecule has 0 atom stereocenters. The molecule has 0 aliphatic carbocycles. The van der Waals surface area contributed by atoms with Crippen LogP contribution in [0.3, 0.4) is 0 Å². The van der Waals surface area contributed by atoms with Crippen molar-refractivity contribution in [3.8, 4) is 5.75 Å². The molecule has 0 saturated heterocycles. The van der Waals surface area contributed by atoms with E-state index in [1.54, 1.807) is 12.1 Å². The molecule has 25 heavy (non-hydrogen) atoms. The molecule has 0 bridgehead atoms. The quantitative estimate of drug-likeness (QED) is 0.550. The first-order valence-corrected chi connectivity index (χ1v) is 7.73. The van der Waals surface area contributed by atoms with E-state index in [1.165, 1.54) is 0 Å². The van der Waals surface area contributed by atoms with Gasteiger partial charge in [0.05, 0.1) is 5.56 Å². The van der Waals surface area contributed by atoms with Crippen molar-refractivity contribution in [1.29, 1.82) is 0 Å². The maximum absolute atomic E-state index is 12.7. The molecular formula is C21H15NNaO2+. The summed E-state index contributed by atoms with van der Waals surface area (Å²) in [5, 5.41) is 17.0. The molecule has 116 valence electrons. The van der Waals surface area contributed by atoms with Gasteiger partial charge in [-0.2, -0.15) is 0 Å². The summed E-state index contributed by atoms with van der Waals surface area (Å²) in [6, 6.07) is 24.6. The minimum Gasteiger partial charge on any atom is -0.507 e. The predicted molar refractivity (Wildman–Crippen MR) is 97.5 cm³/mol. The molecule has 4 aromatic rings. The molecule has 2 N–H and O–H groups in total. The maximum atomic E-state index is 12.7. The third kappa shape index (κ3) is 3.40. The van der Waals surface area contributed by atoms with Crippen LogP contribution in [0.5, 0.6) is 5.75 Å². The van der Waals surface area contributed by atoms with Crippen LogP contribution in [0.15, 0.2) is 78.9 Å². The Kier molecular flexibility index (Phi) is 5.09. The van der Waals surface area contributed by atoms with E-state index in [4.69, 9.17) is 0 Å². The first-order valence-electron chi connectivity index (χ1n) is 7.73. The van der Waals surface area contributed by atoms with Gasteiger partial charge in [-0.25, -0.2) is 0 Å². The molecule has 4 heteroatoms. The third-order valence-electron chi connectivity index (χ3n) is 4.15. The predicted octanol–water partition coefficient (Wildman–Crippen LogP) is 1.95. The number of benzene rings is 4. The number of anilines is 1. The molecule has 0 unspecified atom stereocenters. The van der Waals surface area contributed by atoms with Gasteiger partial charge in [0.15, 0.2) is 0 Å². The Morgan fingerprint density at radius 2 is 1.36 bits per heavy atom. The topological polar surface area (TPSA) is 49.3 Å². The van der Waals surface area contributed by atoms with Gasteiger partial charge in [-0.1, -0.05) is 60.7 Å². The van der Waals surface area contributed by atoms with E-state index in [0.717, 1.165) is 27.2 Å². The number of aromatic hydroxyl groups is 1. The van der Waals surface area contributed by atoms with E-state index in [1.807, 2.05) is 66.7 Å². The van der Waals surface area contributed by atoms with Gasteiger partial charge in [-0.3, -0.25) is 4.79 Å². The van der Waals surface area contributed by atoms with Crippen LogP contribution >= 0.6 is 0 Å². The normalized spacial score (nSPS) is 10.4. The van der Waals surface area contributed by atoms with E-state index in [0.29, 0.717) is 0 Å². The summed E-state index contributed by atoms with van der Waals surface area (Å²) in [5.74, 6) is -0.346. The van der Waals surface area contributed by atoms with Crippen LogP contribution in [0.1, 0.15) is 10.4 Å². The fourth-order valence-electron chi connectivity index (χ4n) is 2.93. The van der Waals surface area contributed by atoms with E-state index in [-0.39, 0.29) is 46.8 Å². The summed E-state index contributed by atoms with van der Waals surface area (Å²) in [7, 11) is 0. The monoisotopic (exact) mass is 336 g/mol. The molecule has 0 radical (unpaired) electrons. The van der Waals surface area contributed by atoms with Crippen molar-refractivity contribution in [2.75, 3.05) is 5.32 Å². The van der Waals surface area contributed by atoms with Gasteiger partial charge in [0.1, 0.15) is 5.75 Å². The van der Waals surface area contributed by atoms with E-state index in [2.05, 4.69) is 5.32 Å². The van der Waals surface area contributed by atoms with Crippen molar-refractivity contribution in [2.24, 2.45) is 0 Å². The number of amides is 1. The maximum Gasteiger partial charge on any atom is 1.00 e. The number of rotatable bonds is 2. The van der Waals surface area contributed by atoms with Gasteiger partial charge in [-0.05, 0) is 34.4 Å². The first kappa shape index (κ1) is 17.5. The summed E-state index contributed by atoms with van der Waals surface area (Å²) in [6.07, 6.45) is 0. The average Bonchev–Trinajstić information content (AvgIpc) is 2.61. The largest absolute Gasteiger partial charge is 1.00 e. The summed E-state index contributed by atoms with van der Waals surface area (Å²) in [5.41, 5.74) is 0.993. The number of hydrogen-bond acceptors (Lipinski definition) is 2. The molecule has 0 spiro atoms. The van der Waals surface area contributed by atoms with Crippen molar-refractivity contribution >= 4 is 33.1 Å². The Balaban J connectivity index is 0.00000182. The molecule has 4 rings (SSSR count). The molecule has 0 heterocycles. The average molecular weight is 336 g/mol. The number of carbonyl (C=O) groups is 1. The Morgan fingerprint density at radius 1 is 0.760 bits per heavy atom. The van der Waals surface area contributed by atoms with Gasteiger partial charge < -0.3 is 10.4 Å². The van der Waals surface area contributed by atoms with Crippen LogP contribution in [-0.4, -0.2) is 11.0 Å². The molecule has 3 nitrogen and oxygen atoms in total. The zero-order chi connectivity index (χ0) is 16.5. The molecule has 1 amide bonds. The number of phenolic OH excluding ortho intramolecular Hbond substituents is 1. The number of fused-ring (bicyclic) bond motifs is 2. The third-order valence-corrected chi connectivity index (χ3v) is 4.15. The second-order valence-corrected chi connectivity index (χ2v) is 5.70. The number of hydrogen-bond donors (Lipinski definition) is 2. The Morgan fingerprint density at radius 3 is 2.12 bits per heavy atom. The summed E-state index contributed by atoms with van der Waals surface area (Å²) in [6.45, 7) is 0. The van der Waals surface area contributed by atoms with Crippen molar-refractivity contribution in [2.45, 2.75) is 0 Å². The molecular weight excluding hydrogens is 321 g/mol. The second kappa shape index (κ2) is 7.28. The SMILES string of the molecule is O=C(Nc1cccc2ccccc12)c1cc2ccccc2cc1O.[Na+]. The standard InChI is InChI=1S/C21H15NO2.Na/c23-20-13-16-8-2-1-7-15(16)12-18(20)21(24)22-19-11-5-9-14-6-3-4-10-17(14)19;/h1-13,23H,(H,22,24);/q;+1. The minimum atomic E-state index is -0.324. The first-order chi connectivity index (χ1) is 11.7. The van der Waals surface area contributed by atoms with Crippen LogP contribution < -0.4 is 34.9 Å². The van der Waals surface area contributed by atoms with Gasteiger partial charge in [0.2, 0.25) is 0 Å². The van der Waals surface area contributed by atoms with Crippen molar-refractivity contribution in [1.82, 2.24) is 0 Å². The number of nitrogens with one attached hydrogen (secondary N) is 1. The molecule has 0 aliphatic rings. The van der Waals surface area contributed by atoms with Gasteiger partial charge in [-0.15, -0.1) is 0 Å². The molecule has 0 aromatic heterocycles. The van der Waals surface area contributed by atoms with E-state index >= 15 is 0 Å². The summed E-state index contributed by atoms with van der Waals surface area (Å²) in [4.78, 5) is 12.7. The van der Waals surface area contributed by atoms with Crippen LogP contribution in [-0.2, 0) is 0 Å². The number of carbonyl (C=O) groups excluding carboxylic acids is 1. The van der Waals surface area contributed by atoms with Crippen molar-refractivity contribution in [3.05, 3.63) is 84.4 Å². The van der Waals surface area contributed by atoms with Crippen LogP contribution in [0.25, 0.3) is 21.5 Å². The molecule has 0 saturated carbocycles. The van der Waals surface area contributed by atoms with Gasteiger partial charge in [0, 0.05) is 11.1 Å². The zero-order valence-electron chi connectivity index (χ0n) is 13.9. The van der Waals surface area contributed by atoms with Crippen molar-refractivity contribution in [3.63, 3.8) is 0 Å². The molecule has 4 aromatic carbocycles. The van der Waals surface area contributed by atoms with Gasteiger partial charge in [0.25, 0.3) is 5.91 Å². The summed E-state index contributed by atoms with van der Waals surface area (Å²) >= 11 is 0. The van der Waals surface area contributed by atoms with Gasteiger partial charge >= 0.3 is 29.6 Å². The minimum absolute atomic E-state index is 0. The number of phenols is 1. The fourth-order valence-corrected chi connectivity index (χ4v) is 2.93. The smallest absolute Gasteiger partial charge is 0.507 e. The molecule has 0 fully saturated rings.